The van der Waals surface area contributed by atoms with Crippen molar-refractivity contribution in [2.75, 3.05) is 13.6 Å². The van der Waals surface area contributed by atoms with E-state index in [-0.39, 0.29) is 5.91 Å². The van der Waals surface area contributed by atoms with Gasteiger partial charge in [0.2, 0.25) is 0 Å². The van der Waals surface area contributed by atoms with Crippen LogP contribution in [0.15, 0.2) is 30.4 Å². The van der Waals surface area contributed by atoms with Crippen LogP contribution in [0.5, 0.6) is 0 Å². The van der Waals surface area contributed by atoms with Crippen molar-refractivity contribution in [3.63, 3.8) is 0 Å². The summed E-state index contributed by atoms with van der Waals surface area (Å²) in [5.41, 5.74) is 3.11. The SMILES string of the molecule is Cc1ccc2c(c1)C(=O)N(C)CC=CC2. The van der Waals surface area contributed by atoms with Crippen molar-refractivity contribution in [3.05, 3.63) is 47.0 Å². The first-order chi connectivity index (χ1) is 7.18. The predicted octanol–water partition coefficient (Wildman–Crippen LogP) is 2.18. The summed E-state index contributed by atoms with van der Waals surface area (Å²) in [6, 6.07) is 6.08. The minimum absolute atomic E-state index is 0.123. The Morgan fingerprint density at radius 3 is 2.87 bits per heavy atom. The molecule has 0 aromatic heterocycles. The Morgan fingerprint density at radius 2 is 2.07 bits per heavy atom. The second-order valence-electron chi connectivity index (χ2n) is 4.02. The van der Waals surface area contributed by atoms with Crippen LogP contribution in [0.1, 0.15) is 21.5 Å². The van der Waals surface area contributed by atoms with Gasteiger partial charge in [-0.2, -0.15) is 0 Å². The van der Waals surface area contributed by atoms with Crippen LogP contribution >= 0.6 is 0 Å². The van der Waals surface area contributed by atoms with Crippen LogP contribution in [0.25, 0.3) is 0 Å². The van der Waals surface area contributed by atoms with Gasteiger partial charge in [0.15, 0.2) is 0 Å². The van der Waals surface area contributed by atoms with Crippen molar-refractivity contribution >= 4 is 5.91 Å². The van der Waals surface area contributed by atoms with E-state index in [2.05, 4.69) is 12.1 Å². The van der Waals surface area contributed by atoms with Crippen molar-refractivity contribution < 1.29 is 4.79 Å². The highest BCUT2D eigenvalue weighted by atomic mass is 16.2. The van der Waals surface area contributed by atoms with Crippen LogP contribution in [-0.2, 0) is 6.42 Å². The molecule has 0 saturated heterocycles. The zero-order valence-electron chi connectivity index (χ0n) is 9.16. The first kappa shape index (κ1) is 9.97. The molecule has 15 heavy (non-hydrogen) atoms. The Hall–Kier alpha value is -1.57. The first-order valence-corrected chi connectivity index (χ1v) is 5.18. The molecule has 2 heteroatoms. The van der Waals surface area contributed by atoms with E-state index in [1.807, 2.05) is 32.2 Å². The number of hydrogen-bond acceptors (Lipinski definition) is 1. The Balaban J connectivity index is 2.51. The third-order valence-corrected chi connectivity index (χ3v) is 2.73. The van der Waals surface area contributed by atoms with Gasteiger partial charge in [-0.1, -0.05) is 29.8 Å². The van der Waals surface area contributed by atoms with E-state index in [1.165, 1.54) is 0 Å². The zero-order valence-corrected chi connectivity index (χ0v) is 9.16. The average Bonchev–Trinajstić information content (AvgIpc) is 2.23. The second kappa shape index (κ2) is 3.89. The minimum Gasteiger partial charge on any atom is -0.338 e. The van der Waals surface area contributed by atoms with Crippen molar-refractivity contribution in [2.24, 2.45) is 0 Å². The number of hydrogen-bond donors (Lipinski definition) is 0. The van der Waals surface area contributed by atoms with Crippen molar-refractivity contribution in [3.8, 4) is 0 Å². The topological polar surface area (TPSA) is 20.3 Å². The Bertz CT molecular complexity index is 421. The third kappa shape index (κ3) is 1.94. The van der Waals surface area contributed by atoms with Crippen LogP contribution in [-0.4, -0.2) is 24.4 Å². The molecule has 2 nitrogen and oxygen atoms in total. The van der Waals surface area contributed by atoms with Crippen LogP contribution in [0, 0.1) is 6.92 Å². The molecule has 78 valence electrons. The molecule has 0 atom stereocenters. The highest BCUT2D eigenvalue weighted by molar-refractivity contribution is 5.96. The van der Waals surface area contributed by atoms with E-state index in [9.17, 15) is 4.79 Å². The highest BCUT2D eigenvalue weighted by Crippen LogP contribution is 2.16. The maximum absolute atomic E-state index is 12.0. The molecule has 0 spiro atoms. The molecule has 1 heterocycles. The minimum atomic E-state index is 0.123. The third-order valence-electron chi connectivity index (χ3n) is 2.73. The van der Waals surface area contributed by atoms with Gasteiger partial charge in [-0.05, 0) is 25.0 Å². The van der Waals surface area contributed by atoms with E-state index in [0.717, 1.165) is 23.1 Å². The van der Waals surface area contributed by atoms with Crippen LogP contribution in [0.2, 0.25) is 0 Å². The molecule has 0 saturated carbocycles. The van der Waals surface area contributed by atoms with Gasteiger partial charge in [-0.25, -0.2) is 0 Å². The second-order valence-corrected chi connectivity index (χ2v) is 4.02. The van der Waals surface area contributed by atoms with Crippen molar-refractivity contribution in [1.29, 1.82) is 0 Å². The fourth-order valence-electron chi connectivity index (χ4n) is 1.80. The number of rotatable bonds is 0. The summed E-state index contributed by atoms with van der Waals surface area (Å²) < 4.78 is 0. The number of benzene rings is 1. The fourth-order valence-corrected chi connectivity index (χ4v) is 1.80. The quantitative estimate of drug-likeness (QED) is 0.589. The summed E-state index contributed by atoms with van der Waals surface area (Å²) in [5.74, 6) is 0.123. The highest BCUT2D eigenvalue weighted by Gasteiger charge is 2.15. The largest absolute Gasteiger partial charge is 0.338 e. The summed E-state index contributed by atoms with van der Waals surface area (Å²) in [4.78, 5) is 13.8. The molecular formula is C13H15NO. The summed E-state index contributed by atoms with van der Waals surface area (Å²) in [5, 5.41) is 0. The van der Waals surface area contributed by atoms with Gasteiger partial charge in [-0.3, -0.25) is 4.79 Å². The number of carbonyl (C=O) groups excluding carboxylic acids is 1. The molecule has 1 aliphatic rings. The van der Waals surface area contributed by atoms with E-state index in [1.54, 1.807) is 4.90 Å². The first-order valence-electron chi connectivity index (χ1n) is 5.18. The Labute approximate surface area is 90.2 Å². The number of aryl methyl sites for hydroxylation is 1. The summed E-state index contributed by atoms with van der Waals surface area (Å²) in [7, 11) is 1.84. The lowest BCUT2D eigenvalue weighted by atomic mass is 9.99. The van der Waals surface area contributed by atoms with Gasteiger partial charge in [-0.15, -0.1) is 0 Å². The monoisotopic (exact) mass is 201 g/mol. The van der Waals surface area contributed by atoms with Gasteiger partial charge in [0, 0.05) is 19.2 Å². The molecule has 0 unspecified atom stereocenters. The molecule has 0 radical (unpaired) electrons. The van der Waals surface area contributed by atoms with Crippen molar-refractivity contribution in [1.82, 2.24) is 4.90 Å². The molecule has 1 aromatic rings. The van der Waals surface area contributed by atoms with E-state index < -0.39 is 0 Å². The lowest BCUT2D eigenvalue weighted by Crippen LogP contribution is -2.28. The maximum atomic E-state index is 12.0. The number of amides is 1. The Kier molecular flexibility index (Phi) is 2.58. The summed E-state index contributed by atoms with van der Waals surface area (Å²) >= 11 is 0. The molecule has 1 aromatic carbocycles. The zero-order chi connectivity index (χ0) is 10.8. The van der Waals surface area contributed by atoms with Gasteiger partial charge in [0.25, 0.3) is 5.91 Å². The van der Waals surface area contributed by atoms with Gasteiger partial charge in [0.05, 0.1) is 0 Å². The number of likely N-dealkylation sites (N-methyl/N-ethyl adjacent to an activating group) is 1. The van der Waals surface area contributed by atoms with Gasteiger partial charge in [0.1, 0.15) is 0 Å². The Morgan fingerprint density at radius 1 is 1.27 bits per heavy atom. The van der Waals surface area contributed by atoms with Crippen molar-refractivity contribution in [2.45, 2.75) is 13.3 Å². The fraction of sp³-hybridized carbons (Fsp3) is 0.308. The van der Waals surface area contributed by atoms with Crippen LogP contribution < -0.4 is 0 Å². The average molecular weight is 201 g/mol. The van der Waals surface area contributed by atoms with Gasteiger partial charge >= 0.3 is 0 Å². The number of nitrogens with zero attached hydrogens (tertiary/aromatic N) is 1. The smallest absolute Gasteiger partial charge is 0.254 e. The lowest BCUT2D eigenvalue weighted by Gasteiger charge is -2.19. The molecule has 0 aliphatic carbocycles. The molecular weight excluding hydrogens is 186 g/mol. The normalized spacial score (nSPS) is 15.9. The molecule has 0 bridgehead atoms. The van der Waals surface area contributed by atoms with E-state index in [0.29, 0.717) is 6.54 Å². The molecule has 0 fully saturated rings. The number of fused-ring (bicyclic) bond motifs is 1. The molecule has 2 rings (SSSR count). The molecule has 1 aliphatic heterocycles. The molecule has 0 N–H and O–H groups in total. The summed E-state index contributed by atoms with van der Waals surface area (Å²) in [6.07, 6.45) is 5.02. The van der Waals surface area contributed by atoms with E-state index >= 15 is 0 Å². The number of allylic oxidation sites excluding steroid dienone is 1. The lowest BCUT2D eigenvalue weighted by molar-refractivity contribution is 0.0808. The number of carbonyl (C=O) groups is 1. The van der Waals surface area contributed by atoms with Gasteiger partial charge < -0.3 is 4.90 Å². The van der Waals surface area contributed by atoms with E-state index in [4.69, 9.17) is 0 Å². The molecule has 1 amide bonds. The predicted molar refractivity (Wildman–Crippen MR) is 61.0 cm³/mol. The maximum Gasteiger partial charge on any atom is 0.254 e. The van der Waals surface area contributed by atoms with Crippen LogP contribution in [0.3, 0.4) is 0 Å². The van der Waals surface area contributed by atoms with Crippen LogP contribution in [0.4, 0.5) is 0 Å². The standard InChI is InChI=1S/C13H15NO/c1-10-6-7-11-5-3-4-8-14(2)13(15)12(11)9-10/h3-4,6-7,9H,5,8H2,1-2H3. The summed E-state index contributed by atoms with van der Waals surface area (Å²) in [6.45, 7) is 2.72.